The summed E-state index contributed by atoms with van der Waals surface area (Å²) in [6.45, 7) is 0.260. The maximum atomic E-state index is 12.2. The van der Waals surface area contributed by atoms with Crippen molar-refractivity contribution in [2.75, 3.05) is 11.5 Å². The Labute approximate surface area is 155 Å². The zero-order valence-corrected chi connectivity index (χ0v) is 14.3. The summed E-state index contributed by atoms with van der Waals surface area (Å²) >= 11 is 5.94. The monoisotopic (exact) mass is 367 g/mol. The summed E-state index contributed by atoms with van der Waals surface area (Å²) in [6.07, 6.45) is 4.28. The van der Waals surface area contributed by atoms with E-state index < -0.39 is 6.09 Å². The summed E-state index contributed by atoms with van der Waals surface area (Å²) in [7, 11) is 0. The fourth-order valence-corrected chi connectivity index (χ4v) is 2.92. The zero-order valence-electron chi connectivity index (χ0n) is 13.6. The lowest BCUT2D eigenvalue weighted by Crippen LogP contribution is -2.27. The minimum Gasteiger partial charge on any atom is -0.447 e. The van der Waals surface area contributed by atoms with Gasteiger partial charge >= 0.3 is 6.09 Å². The first-order valence-electron chi connectivity index (χ1n) is 7.96. The highest BCUT2D eigenvalue weighted by atomic mass is 35.5. The Hall–Kier alpha value is -3.12. The molecule has 0 saturated carbocycles. The number of halogens is 1. The van der Waals surface area contributed by atoms with Crippen molar-refractivity contribution in [3.05, 3.63) is 77.7 Å². The van der Waals surface area contributed by atoms with Crippen LogP contribution in [0.15, 0.2) is 67.1 Å². The maximum Gasteiger partial charge on any atom is 0.415 e. The fraction of sp³-hybridized carbons (Fsp3) is 0.105. The number of benzene rings is 2. The highest BCUT2D eigenvalue weighted by Gasteiger charge is 2.35. The van der Waals surface area contributed by atoms with Gasteiger partial charge in [0.2, 0.25) is 5.88 Å². The van der Waals surface area contributed by atoms with Gasteiger partial charge in [0.25, 0.3) is 0 Å². The van der Waals surface area contributed by atoms with E-state index in [-0.39, 0.29) is 12.6 Å². The molecule has 0 radical (unpaired) electrons. The summed E-state index contributed by atoms with van der Waals surface area (Å²) in [6, 6.07) is 14.3. The van der Waals surface area contributed by atoms with Crippen LogP contribution in [-0.4, -0.2) is 22.7 Å². The van der Waals surface area contributed by atoms with Gasteiger partial charge in [0, 0.05) is 23.1 Å². The lowest BCUT2D eigenvalue weighted by Gasteiger charge is -2.22. The molecule has 0 bridgehead atoms. The molecule has 1 atom stereocenters. The Morgan fingerprint density at radius 1 is 1.15 bits per heavy atom. The molecule has 1 aromatic heterocycles. The molecule has 2 aromatic carbocycles. The summed E-state index contributed by atoms with van der Waals surface area (Å²) in [4.78, 5) is 21.9. The number of anilines is 1. The molecule has 1 unspecified atom stereocenters. The number of carbonyl (C=O) groups is 1. The normalized spacial score (nSPS) is 16.4. The highest BCUT2D eigenvalue weighted by molar-refractivity contribution is 6.30. The van der Waals surface area contributed by atoms with E-state index >= 15 is 0 Å². The predicted octanol–water partition coefficient (Wildman–Crippen LogP) is 4.62. The van der Waals surface area contributed by atoms with Crippen LogP contribution in [0.4, 0.5) is 10.5 Å². The topological polar surface area (TPSA) is 64.5 Å². The van der Waals surface area contributed by atoms with E-state index in [4.69, 9.17) is 21.1 Å². The van der Waals surface area contributed by atoms with Crippen molar-refractivity contribution in [2.24, 2.45) is 0 Å². The second-order valence-electron chi connectivity index (χ2n) is 5.66. The van der Waals surface area contributed by atoms with E-state index in [0.29, 0.717) is 16.7 Å². The highest BCUT2D eigenvalue weighted by Crippen LogP contribution is 2.35. The molecule has 0 spiro atoms. The molecule has 26 heavy (non-hydrogen) atoms. The SMILES string of the molecule is O=C1OCC(c2cccc(Oc3cnccn3)c2)N1c1ccc(Cl)cc1. The number of aromatic nitrogens is 2. The van der Waals surface area contributed by atoms with Crippen LogP contribution >= 0.6 is 11.6 Å². The van der Waals surface area contributed by atoms with E-state index in [1.807, 2.05) is 24.3 Å². The first kappa shape index (κ1) is 16.4. The molecule has 7 heteroatoms. The van der Waals surface area contributed by atoms with E-state index in [1.165, 1.54) is 6.20 Å². The van der Waals surface area contributed by atoms with Crippen molar-refractivity contribution < 1.29 is 14.3 Å². The third-order valence-corrected chi connectivity index (χ3v) is 4.23. The first-order chi connectivity index (χ1) is 12.7. The molecule has 1 aliphatic heterocycles. The Morgan fingerprint density at radius 2 is 2.00 bits per heavy atom. The Kier molecular flexibility index (Phi) is 4.41. The molecule has 0 aliphatic carbocycles. The van der Waals surface area contributed by atoms with Crippen LogP contribution in [0.2, 0.25) is 5.02 Å². The molecule has 1 saturated heterocycles. The molecular formula is C19H14ClN3O3. The van der Waals surface area contributed by atoms with Crippen molar-refractivity contribution in [1.29, 1.82) is 0 Å². The number of nitrogens with zero attached hydrogens (tertiary/aromatic N) is 3. The smallest absolute Gasteiger partial charge is 0.415 e. The largest absolute Gasteiger partial charge is 0.447 e. The van der Waals surface area contributed by atoms with Gasteiger partial charge in [-0.25, -0.2) is 9.78 Å². The average molecular weight is 368 g/mol. The maximum absolute atomic E-state index is 12.2. The predicted molar refractivity (Wildman–Crippen MR) is 96.6 cm³/mol. The van der Waals surface area contributed by atoms with E-state index in [9.17, 15) is 4.79 Å². The third-order valence-electron chi connectivity index (χ3n) is 3.98. The molecule has 0 N–H and O–H groups in total. The number of hydrogen-bond acceptors (Lipinski definition) is 5. The van der Waals surface area contributed by atoms with Gasteiger partial charge in [-0.15, -0.1) is 0 Å². The lowest BCUT2D eigenvalue weighted by molar-refractivity contribution is 0.179. The van der Waals surface area contributed by atoms with Crippen LogP contribution in [0.1, 0.15) is 11.6 Å². The number of hydrogen-bond donors (Lipinski definition) is 0. The quantitative estimate of drug-likeness (QED) is 0.673. The summed E-state index contributed by atoms with van der Waals surface area (Å²) < 4.78 is 11.0. The molecular weight excluding hydrogens is 354 g/mol. The standard InChI is InChI=1S/C19H14ClN3O3/c20-14-4-6-15(7-5-14)23-17(12-25-19(23)24)13-2-1-3-16(10-13)26-18-11-21-8-9-22-18/h1-11,17H,12H2. The van der Waals surface area contributed by atoms with Crippen LogP contribution in [0, 0.1) is 0 Å². The minimum absolute atomic E-state index is 0.255. The molecule has 6 nitrogen and oxygen atoms in total. The van der Waals surface area contributed by atoms with Gasteiger partial charge in [0.05, 0.1) is 12.2 Å². The number of cyclic esters (lactones) is 1. The van der Waals surface area contributed by atoms with Gasteiger partial charge in [-0.2, -0.15) is 0 Å². The second-order valence-corrected chi connectivity index (χ2v) is 6.09. The van der Waals surface area contributed by atoms with Gasteiger partial charge in [0.1, 0.15) is 12.4 Å². The molecule has 3 aromatic rings. The number of rotatable bonds is 4. The van der Waals surface area contributed by atoms with Crippen LogP contribution < -0.4 is 9.64 Å². The van der Waals surface area contributed by atoms with Crippen LogP contribution in [0.5, 0.6) is 11.6 Å². The third kappa shape index (κ3) is 3.32. The van der Waals surface area contributed by atoms with Gasteiger partial charge in [-0.3, -0.25) is 9.88 Å². The van der Waals surface area contributed by atoms with Crippen molar-refractivity contribution in [1.82, 2.24) is 9.97 Å². The first-order valence-corrected chi connectivity index (χ1v) is 8.34. The molecule has 2 heterocycles. The van der Waals surface area contributed by atoms with Crippen molar-refractivity contribution in [3.8, 4) is 11.6 Å². The van der Waals surface area contributed by atoms with Crippen LogP contribution in [0.3, 0.4) is 0 Å². The number of carbonyl (C=O) groups excluding carboxylic acids is 1. The summed E-state index contributed by atoms with van der Waals surface area (Å²) in [5.41, 5.74) is 1.62. The van der Waals surface area contributed by atoms with Gasteiger partial charge < -0.3 is 9.47 Å². The van der Waals surface area contributed by atoms with Gasteiger partial charge in [-0.05, 0) is 42.0 Å². The summed E-state index contributed by atoms with van der Waals surface area (Å²) in [5, 5.41) is 0.609. The zero-order chi connectivity index (χ0) is 17.9. The van der Waals surface area contributed by atoms with Crippen LogP contribution in [-0.2, 0) is 4.74 Å². The van der Waals surface area contributed by atoms with Crippen molar-refractivity contribution >= 4 is 23.4 Å². The van der Waals surface area contributed by atoms with Crippen molar-refractivity contribution in [3.63, 3.8) is 0 Å². The summed E-state index contributed by atoms with van der Waals surface area (Å²) in [5.74, 6) is 1.01. The Morgan fingerprint density at radius 3 is 2.77 bits per heavy atom. The van der Waals surface area contributed by atoms with E-state index in [0.717, 1.165) is 11.3 Å². The second kappa shape index (κ2) is 7.01. The number of amides is 1. The minimum atomic E-state index is -0.391. The van der Waals surface area contributed by atoms with E-state index in [1.54, 1.807) is 41.6 Å². The van der Waals surface area contributed by atoms with E-state index in [2.05, 4.69) is 9.97 Å². The molecule has 1 amide bonds. The molecule has 1 fully saturated rings. The van der Waals surface area contributed by atoms with Gasteiger partial charge in [0.15, 0.2) is 0 Å². The molecule has 130 valence electrons. The number of ether oxygens (including phenoxy) is 2. The Balaban J connectivity index is 1.62. The average Bonchev–Trinajstić information content (AvgIpc) is 3.05. The van der Waals surface area contributed by atoms with Crippen LogP contribution in [0.25, 0.3) is 0 Å². The van der Waals surface area contributed by atoms with Gasteiger partial charge in [-0.1, -0.05) is 23.7 Å². The molecule has 1 aliphatic rings. The molecule has 4 rings (SSSR count). The fourth-order valence-electron chi connectivity index (χ4n) is 2.80. The Bertz CT molecular complexity index is 919. The lowest BCUT2D eigenvalue weighted by atomic mass is 10.1. The van der Waals surface area contributed by atoms with Crippen molar-refractivity contribution in [2.45, 2.75) is 6.04 Å².